The summed E-state index contributed by atoms with van der Waals surface area (Å²) in [4.78, 5) is 17.2. The summed E-state index contributed by atoms with van der Waals surface area (Å²) in [5.74, 6) is 1.98. The predicted octanol–water partition coefficient (Wildman–Crippen LogP) is 5.06. The van der Waals surface area contributed by atoms with E-state index in [1.807, 2.05) is 0 Å². The van der Waals surface area contributed by atoms with Gasteiger partial charge in [0.05, 0.1) is 24.7 Å². The molecule has 3 aromatic rings. The molecule has 0 spiro atoms. The van der Waals surface area contributed by atoms with Crippen molar-refractivity contribution in [2.45, 2.75) is 58.5 Å². The van der Waals surface area contributed by atoms with Crippen molar-refractivity contribution in [2.24, 2.45) is 0 Å². The summed E-state index contributed by atoms with van der Waals surface area (Å²) in [6.07, 6.45) is 9.12. The second kappa shape index (κ2) is 15.1. The zero-order chi connectivity index (χ0) is 30.2. The molecule has 0 saturated carbocycles. The van der Waals surface area contributed by atoms with Crippen molar-refractivity contribution in [2.75, 3.05) is 69.2 Å². The third-order valence-corrected chi connectivity index (χ3v) is 9.57. The van der Waals surface area contributed by atoms with Crippen LogP contribution in [0, 0.1) is 18.3 Å². The lowest BCUT2D eigenvalue weighted by molar-refractivity contribution is 0.316. The number of piperazine rings is 1. The molecule has 1 unspecified atom stereocenters. The third kappa shape index (κ3) is 7.91. The van der Waals surface area contributed by atoms with Crippen molar-refractivity contribution in [3.05, 3.63) is 59.0 Å². The molecule has 1 atom stereocenters. The van der Waals surface area contributed by atoms with Crippen LogP contribution in [0.4, 0.5) is 11.5 Å². The number of nitrogens with one attached hydrogen (secondary N) is 1. The molecular weight excluding hydrogens is 551 g/mol. The van der Waals surface area contributed by atoms with Gasteiger partial charge >= 0.3 is 0 Å². The number of nitrogens with zero attached hydrogens (tertiary/aromatic N) is 7. The lowest BCUT2D eigenvalue weighted by atomic mass is 9.99. The normalized spacial score (nSPS) is 20.1. The first-order chi connectivity index (χ1) is 21.0. The zero-order valence-electron chi connectivity index (χ0n) is 26.2. The second-order valence-electron chi connectivity index (χ2n) is 11.9. The highest BCUT2D eigenvalue weighted by Gasteiger charge is 2.31. The van der Waals surface area contributed by atoms with Gasteiger partial charge in [-0.1, -0.05) is 43.6 Å². The minimum absolute atomic E-state index is 0.187. The lowest BCUT2D eigenvalue weighted by Gasteiger charge is -2.41. The number of aryl methyl sites for hydroxylation is 2. The highest BCUT2D eigenvalue weighted by Crippen LogP contribution is 2.35. The predicted molar refractivity (Wildman–Crippen MR) is 181 cm³/mol. The highest BCUT2D eigenvalue weighted by atomic mass is 31.1. The molecule has 0 amide bonds. The van der Waals surface area contributed by atoms with E-state index in [-0.39, 0.29) is 6.04 Å². The molecule has 2 aromatic carbocycles. The Bertz CT molecular complexity index is 1420. The number of likely N-dealkylation sites (tertiary alicyclic amines) is 1. The standard InChI is InChI=1S/C27H31N6P.C5H11N.C2H5N/c1-4-25-29-23-18-31(24-10-6-9-20-8-5-7-19(2)26(20)24)14-12-22(23)27(30-25)32-15-16-33(34-3)21(17-32)11-13-28;1-6-4-2-3-5-6;1-2-3-1/h5-10,21H,3-4,11-12,14-18H2,1-2H3;2-5H2,1H3;3H,1-2H2. The molecule has 228 valence electrons. The summed E-state index contributed by atoms with van der Waals surface area (Å²) < 4.78 is 2.29. The Kier molecular flexibility index (Phi) is 11.0. The molecule has 3 saturated heterocycles. The Morgan fingerprint density at radius 2 is 1.77 bits per heavy atom. The minimum atomic E-state index is 0.187. The molecule has 4 aliphatic heterocycles. The number of aromatic nitrogens is 2. The van der Waals surface area contributed by atoms with Crippen molar-refractivity contribution < 1.29 is 0 Å². The third-order valence-electron chi connectivity index (χ3n) is 8.68. The van der Waals surface area contributed by atoms with Crippen LogP contribution >= 0.6 is 8.35 Å². The topological polar surface area (TPSA) is 84.5 Å². The summed E-state index contributed by atoms with van der Waals surface area (Å²) in [7, 11) is 3.16. The van der Waals surface area contributed by atoms with Crippen LogP contribution in [0.2, 0.25) is 0 Å². The molecule has 0 bridgehead atoms. The van der Waals surface area contributed by atoms with Crippen LogP contribution in [0.1, 0.15) is 48.8 Å². The molecule has 7 rings (SSSR count). The fourth-order valence-electron chi connectivity index (χ4n) is 6.23. The Morgan fingerprint density at radius 3 is 2.40 bits per heavy atom. The number of fused-ring (bicyclic) bond motifs is 2. The summed E-state index contributed by atoms with van der Waals surface area (Å²) >= 11 is 0. The maximum Gasteiger partial charge on any atom is 0.136 e. The average Bonchev–Trinajstić information content (AvgIpc) is 3.85. The first kappa shape index (κ1) is 31.3. The highest BCUT2D eigenvalue weighted by molar-refractivity contribution is 7.33. The van der Waals surface area contributed by atoms with Crippen molar-refractivity contribution in [3.8, 4) is 6.07 Å². The molecule has 1 aromatic heterocycles. The largest absolute Gasteiger partial charge is 0.365 e. The van der Waals surface area contributed by atoms with Gasteiger partial charge in [0.15, 0.2) is 0 Å². The van der Waals surface area contributed by atoms with E-state index in [1.54, 1.807) is 0 Å². The number of rotatable bonds is 5. The van der Waals surface area contributed by atoms with E-state index in [2.05, 4.69) is 94.3 Å². The molecule has 0 radical (unpaired) electrons. The van der Waals surface area contributed by atoms with E-state index < -0.39 is 0 Å². The van der Waals surface area contributed by atoms with Crippen LogP contribution in [0.25, 0.3) is 10.8 Å². The first-order valence-corrected chi connectivity index (χ1v) is 16.9. The monoisotopic (exact) mass is 598 g/mol. The summed E-state index contributed by atoms with van der Waals surface area (Å²) in [6.45, 7) is 13.8. The van der Waals surface area contributed by atoms with Gasteiger partial charge in [-0.3, -0.25) is 4.67 Å². The Morgan fingerprint density at radius 1 is 1.02 bits per heavy atom. The lowest BCUT2D eigenvalue weighted by Crippen LogP contribution is -2.50. The Labute approximate surface area is 259 Å². The van der Waals surface area contributed by atoms with Crippen molar-refractivity contribution >= 4 is 36.9 Å². The smallest absolute Gasteiger partial charge is 0.136 e. The quantitative estimate of drug-likeness (QED) is 0.322. The summed E-state index contributed by atoms with van der Waals surface area (Å²) in [5, 5.41) is 15.0. The van der Waals surface area contributed by atoms with Crippen molar-refractivity contribution in [3.63, 3.8) is 0 Å². The van der Waals surface area contributed by atoms with Crippen LogP contribution in [0.15, 0.2) is 36.4 Å². The van der Waals surface area contributed by atoms with Crippen LogP contribution in [-0.4, -0.2) is 91.3 Å². The van der Waals surface area contributed by atoms with Crippen molar-refractivity contribution in [1.82, 2.24) is 24.9 Å². The van der Waals surface area contributed by atoms with E-state index in [0.29, 0.717) is 6.42 Å². The van der Waals surface area contributed by atoms with Gasteiger partial charge in [0.2, 0.25) is 0 Å². The first-order valence-electron chi connectivity index (χ1n) is 15.9. The van der Waals surface area contributed by atoms with Gasteiger partial charge in [0.1, 0.15) is 11.6 Å². The number of hydrogen-bond acceptors (Lipinski definition) is 8. The molecule has 3 fully saturated rings. The van der Waals surface area contributed by atoms with Gasteiger partial charge in [-0.15, -0.1) is 0 Å². The van der Waals surface area contributed by atoms with Gasteiger partial charge in [0, 0.05) is 68.4 Å². The van der Waals surface area contributed by atoms with Gasteiger partial charge < -0.3 is 20.0 Å². The van der Waals surface area contributed by atoms with Crippen LogP contribution in [0.3, 0.4) is 0 Å². The molecule has 4 aliphatic rings. The Balaban J connectivity index is 0.000000349. The molecule has 1 N–H and O–H groups in total. The van der Waals surface area contributed by atoms with Gasteiger partial charge in [0.25, 0.3) is 0 Å². The van der Waals surface area contributed by atoms with Crippen LogP contribution < -0.4 is 15.1 Å². The second-order valence-corrected chi connectivity index (χ2v) is 12.7. The maximum atomic E-state index is 9.35. The van der Waals surface area contributed by atoms with Gasteiger partial charge in [-0.25, -0.2) is 9.97 Å². The zero-order valence-corrected chi connectivity index (χ0v) is 27.1. The van der Waals surface area contributed by atoms with E-state index in [1.165, 1.54) is 66.6 Å². The molecule has 8 nitrogen and oxygen atoms in total. The van der Waals surface area contributed by atoms with E-state index in [0.717, 1.165) is 71.3 Å². The molecule has 5 heterocycles. The van der Waals surface area contributed by atoms with E-state index in [4.69, 9.17) is 9.97 Å². The molecule has 43 heavy (non-hydrogen) atoms. The number of nitriles is 1. The number of anilines is 2. The average molecular weight is 599 g/mol. The van der Waals surface area contributed by atoms with Crippen LogP contribution in [0.5, 0.6) is 0 Å². The maximum absolute atomic E-state index is 9.35. The van der Waals surface area contributed by atoms with E-state index >= 15 is 0 Å². The van der Waals surface area contributed by atoms with Gasteiger partial charge in [-0.2, -0.15) is 5.26 Å². The number of benzene rings is 2. The fourth-order valence-corrected chi connectivity index (χ4v) is 6.85. The fraction of sp³-hybridized carbons (Fsp3) is 0.529. The molecular formula is C34H47N8P. The van der Waals surface area contributed by atoms with Crippen LogP contribution in [-0.2, 0) is 19.4 Å². The van der Waals surface area contributed by atoms with E-state index in [9.17, 15) is 5.26 Å². The Hall–Kier alpha value is -3.08. The van der Waals surface area contributed by atoms with Gasteiger partial charge in [-0.05, 0) is 71.7 Å². The summed E-state index contributed by atoms with van der Waals surface area (Å²) in [6, 6.07) is 15.7. The number of hydrogen-bond donors (Lipinski definition) is 1. The molecule has 0 aliphatic carbocycles. The minimum Gasteiger partial charge on any atom is -0.365 e. The SMILES string of the molecule is C1CN1.C=PN1CCN(c2nc(CC)nc3c2CCN(c2cccc4cccc(C)c24)C3)CC1CC#N.CN1CCCC1. The molecule has 9 heteroatoms. The summed E-state index contributed by atoms with van der Waals surface area (Å²) in [5.41, 5.74) is 5.02. The van der Waals surface area contributed by atoms with Crippen molar-refractivity contribution in [1.29, 1.82) is 5.26 Å².